The molecule has 40 heavy (non-hydrogen) atoms. The molecule has 0 aliphatic heterocycles. The van der Waals surface area contributed by atoms with Crippen LogP contribution in [0.5, 0.6) is 0 Å². The van der Waals surface area contributed by atoms with E-state index in [9.17, 15) is 24.3 Å². The summed E-state index contributed by atoms with van der Waals surface area (Å²) in [5, 5.41) is 18.7. The molecule has 214 valence electrons. The molecular weight excluding hydrogens is 510 g/mol. The van der Waals surface area contributed by atoms with E-state index in [0.717, 1.165) is 22.0 Å². The van der Waals surface area contributed by atoms with E-state index in [4.69, 9.17) is 5.73 Å². The Hall–Kier alpha value is -4.18. The molecule has 0 aliphatic rings. The van der Waals surface area contributed by atoms with Crippen molar-refractivity contribution in [1.82, 2.24) is 20.9 Å². The number of carbonyl (C=O) groups excluding carboxylic acids is 3. The maximum atomic E-state index is 13.6. The molecule has 0 saturated carbocycles. The van der Waals surface area contributed by atoms with Gasteiger partial charge >= 0.3 is 5.97 Å². The third kappa shape index (κ3) is 7.92. The predicted molar refractivity (Wildman–Crippen MR) is 153 cm³/mol. The molecule has 0 bridgehead atoms. The second-order valence-electron chi connectivity index (χ2n) is 10.7. The van der Waals surface area contributed by atoms with Crippen LogP contribution in [0.25, 0.3) is 10.9 Å². The number of carbonyl (C=O) groups is 4. The largest absolute Gasteiger partial charge is 0.480 e. The van der Waals surface area contributed by atoms with Crippen LogP contribution >= 0.6 is 0 Å². The minimum atomic E-state index is -1.18. The molecule has 3 aromatic rings. The van der Waals surface area contributed by atoms with Crippen LogP contribution in [0.3, 0.4) is 0 Å². The summed E-state index contributed by atoms with van der Waals surface area (Å²) in [6, 6.07) is 12.5. The van der Waals surface area contributed by atoms with E-state index in [2.05, 4.69) is 20.9 Å². The Morgan fingerprint density at radius 1 is 0.775 bits per heavy atom. The monoisotopic (exact) mass is 549 g/mol. The number of aromatic amines is 1. The lowest BCUT2D eigenvalue weighted by Gasteiger charge is -2.27. The van der Waals surface area contributed by atoms with Gasteiger partial charge < -0.3 is 31.8 Å². The Labute approximate surface area is 234 Å². The Balaban J connectivity index is 1.80. The highest BCUT2D eigenvalue weighted by Gasteiger charge is 2.32. The number of rotatable bonds is 13. The SMILES string of the molecule is CC(C)C(N)C(=O)NC(Cc1c[nH]c2ccccc12)C(=O)NC(C(=O)NC(Cc1ccccc1)C(=O)O)C(C)C. The summed E-state index contributed by atoms with van der Waals surface area (Å²) in [7, 11) is 0. The lowest BCUT2D eigenvalue weighted by atomic mass is 9.99. The molecule has 7 N–H and O–H groups in total. The lowest BCUT2D eigenvalue weighted by molar-refractivity contribution is -0.142. The molecule has 0 radical (unpaired) electrons. The number of carboxylic acid groups (broad SMARTS) is 1. The quantitative estimate of drug-likeness (QED) is 0.191. The zero-order chi connectivity index (χ0) is 29.4. The average Bonchev–Trinajstić information content (AvgIpc) is 3.33. The molecule has 0 spiro atoms. The molecule has 1 heterocycles. The number of hydrogen-bond acceptors (Lipinski definition) is 5. The van der Waals surface area contributed by atoms with Crippen LogP contribution in [0, 0.1) is 11.8 Å². The standard InChI is InChI=1S/C30H39N5O5/c1-17(2)25(31)28(37)33-23(15-20-16-32-22-13-9-8-12-21(20)22)27(36)35-26(18(3)4)29(38)34-24(30(39)40)14-19-10-6-5-7-11-19/h5-13,16-18,23-26,32H,14-15,31H2,1-4H3,(H,33,37)(H,34,38)(H,35,36)(H,39,40). The first-order valence-electron chi connectivity index (χ1n) is 13.5. The first-order chi connectivity index (χ1) is 19.0. The fraction of sp³-hybridized carbons (Fsp3) is 0.400. The first-order valence-corrected chi connectivity index (χ1v) is 13.5. The van der Waals surface area contributed by atoms with Crippen molar-refractivity contribution in [2.75, 3.05) is 0 Å². The van der Waals surface area contributed by atoms with E-state index in [1.54, 1.807) is 44.3 Å². The normalized spacial score (nSPS) is 14.4. The van der Waals surface area contributed by atoms with Gasteiger partial charge in [-0.05, 0) is 29.0 Å². The maximum absolute atomic E-state index is 13.6. The minimum Gasteiger partial charge on any atom is -0.480 e. The average molecular weight is 550 g/mol. The first kappa shape index (κ1) is 30.4. The number of amides is 3. The van der Waals surface area contributed by atoms with E-state index in [1.165, 1.54) is 0 Å². The summed E-state index contributed by atoms with van der Waals surface area (Å²) in [5.41, 5.74) is 8.50. The van der Waals surface area contributed by atoms with Crippen LogP contribution in [0.15, 0.2) is 60.8 Å². The number of nitrogens with one attached hydrogen (secondary N) is 4. The number of carboxylic acids is 1. The van der Waals surface area contributed by atoms with Crippen LogP contribution < -0.4 is 21.7 Å². The fourth-order valence-corrected chi connectivity index (χ4v) is 4.40. The highest BCUT2D eigenvalue weighted by atomic mass is 16.4. The van der Waals surface area contributed by atoms with Gasteiger partial charge in [-0.25, -0.2) is 4.79 Å². The summed E-state index contributed by atoms with van der Waals surface area (Å²) >= 11 is 0. The zero-order valence-electron chi connectivity index (χ0n) is 23.3. The number of para-hydroxylation sites is 1. The van der Waals surface area contributed by atoms with Gasteiger partial charge in [0.1, 0.15) is 18.1 Å². The molecule has 0 fully saturated rings. The van der Waals surface area contributed by atoms with Crippen molar-refractivity contribution >= 4 is 34.6 Å². The third-order valence-corrected chi connectivity index (χ3v) is 6.90. The van der Waals surface area contributed by atoms with Crippen molar-refractivity contribution < 1.29 is 24.3 Å². The Bertz CT molecular complexity index is 1320. The number of nitrogens with two attached hydrogens (primary N) is 1. The molecule has 0 saturated heterocycles. The second kappa shape index (κ2) is 13.7. The van der Waals surface area contributed by atoms with Crippen molar-refractivity contribution in [2.24, 2.45) is 17.6 Å². The van der Waals surface area contributed by atoms with Gasteiger partial charge in [-0.2, -0.15) is 0 Å². The van der Waals surface area contributed by atoms with Gasteiger partial charge in [0, 0.05) is 29.9 Å². The number of fused-ring (bicyclic) bond motifs is 1. The number of H-pyrrole nitrogens is 1. The van der Waals surface area contributed by atoms with Crippen LogP contribution in [0.4, 0.5) is 0 Å². The highest BCUT2D eigenvalue weighted by Crippen LogP contribution is 2.19. The Morgan fingerprint density at radius 2 is 1.40 bits per heavy atom. The second-order valence-corrected chi connectivity index (χ2v) is 10.7. The van der Waals surface area contributed by atoms with Crippen molar-refractivity contribution in [2.45, 2.75) is 64.7 Å². The molecular formula is C30H39N5O5. The molecule has 10 nitrogen and oxygen atoms in total. The Kier molecular flexibility index (Phi) is 10.4. The van der Waals surface area contributed by atoms with E-state index < -0.39 is 47.9 Å². The molecule has 10 heteroatoms. The van der Waals surface area contributed by atoms with E-state index in [-0.39, 0.29) is 24.7 Å². The zero-order valence-corrected chi connectivity index (χ0v) is 23.3. The van der Waals surface area contributed by atoms with Crippen LogP contribution in [0.1, 0.15) is 38.8 Å². The number of hydrogen-bond donors (Lipinski definition) is 6. The fourth-order valence-electron chi connectivity index (χ4n) is 4.40. The van der Waals surface area contributed by atoms with E-state index >= 15 is 0 Å². The van der Waals surface area contributed by atoms with Gasteiger partial charge in [0.15, 0.2) is 0 Å². The minimum absolute atomic E-state index is 0.0903. The van der Waals surface area contributed by atoms with Crippen molar-refractivity contribution in [1.29, 1.82) is 0 Å². The topological polar surface area (TPSA) is 166 Å². The predicted octanol–water partition coefficient (Wildman–Crippen LogP) is 2.13. The third-order valence-electron chi connectivity index (χ3n) is 6.90. The van der Waals surface area contributed by atoms with Crippen LogP contribution in [-0.2, 0) is 32.0 Å². The van der Waals surface area contributed by atoms with Gasteiger partial charge in [-0.3, -0.25) is 14.4 Å². The van der Waals surface area contributed by atoms with Gasteiger partial charge in [0.2, 0.25) is 17.7 Å². The summed E-state index contributed by atoms with van der Waals surface area (Å²) in [6.45, 7) is 7.12. The molecule has 2 aromatic carbocycles. The van der Waals surface area contributed by atoms with E-state index in [0.29, 0.717) is 0 Å². The van der Waals surface area contributed by atoms with Crippen molar-refractivity contribution in [3.05, 3.63) is 71.9 Å². The molecule has 3 rings (SSSR count). The number of benzene rings is 2. The maximum Gasteiger partial charge on any atom is 0.326 e. The van der Waals surface area contributed by atoms with Crippen LogP contribution in [-0.4, -0.2) is 57.9 Å². The van der Waals surface area contributed by atoms with Crippen LogP contribution in [0.2, 0.25) is 0 Å². The summed E-state index contributed by atoms with van der Waals surface area (Å²) < 4.78 is 0. The van der Waals surface area contributed by atoms with Gasteiger partial charge in [-0.15, -0.1) is 0 Å². The number of aromatic nitrogens is 1. The van der Waals surface area contributed by atoms with Crippen molar-refractivity contribution in [3.63, 3.8) is 0 Å². The Morgan fingerprint density at radius 3 is 2.02 bits per heavy atom. The highest BCUT2D eigenvalue weighted by molar-refractivity contribution is 5.95. The lowest BCUT2D eigenvalue weighted by Crippen LogP contribution is -2.59. The molecule has 4 atom stereocenters. The van der Waals surface area contributed by atoms with Crippen molar-refractivity contribution in [3.8, 4) is 0 Å². The molecule has 1 aromatic heterocycles. The summed E-state index contributed by atoms with van der Waals surface area (Å²) in [6.07, 6.45) is 2.03. The van der Waals surface area contributed by atoms with Gasteiger partial charge in [0.25, 0.3) is 0 Å². The molecule has 3 amide bonds. The van der Waals surface area contributed by atoms with Gasteiger partial charge in [-0.1, -0.05) is 76.2 Å². The van der Waals surface area contributed by atoms with Gasteiger partial charge in [0.05, 0.1) is 6.04 Å². The molecule has 0 aliphatic carbocycles. The summed E-state index contributed by atoms with van der Waals surface area (Å²) in [5.74, 6) is -3.37. The number of aliphatic carboxylic acids is 1. The smallest absolute Gasteiger partial charge is 0.326 e. The van der Waals surface area contributed by atoms with E-state index in [1.807, 2.05) is 44.2 Å². The summed E-state index contributed by atoms with van der Waals surface area (Å²) in [4.78, 5) is 54.8. The molecule has 4 unspecified atom stereocenters.